The van der Waals surface area contributed by atoms with E-state index >= 15 is 0 Å². The predicted octanol–water partition coefficient (Wildman–Crippen LogP) is 3.28. The van der Waals surface area contributed by atoms with Crippen molar-refractivity contribution in [3.05, 3.63) is 36.0 Å². The van der Waals surface area contributed by atoms with E-state index in [0.717, 1.165) is 36.4 Å². The van der Waals surface area contributed by atoms with Gasteiger partial charge in [-0.25, -0.2) is 4.68 Å². The number of benzene rings is 1. The summed E-state index contributed by atoms with van der Waals surface area (Å²) in [7, 11) is 0. The van der Waals surface area contributed by atoms with Gasteiger partial charge in [-0.1, -0.05) is 29.2 Å². The maximum Gasteiger partial charge on any atom is 0.113 e. The van der Waals surface area contributed by atoms with Crippen LogP contribution in [-0.2, 0) is 11.3 Å². The monoisotopic (exact) mass is 307 g/mol. The van der Waals surface area contributed by atoms with Crippen molar-refractivity contribution in [1.29, 1.82) is 0 Å². The van der Waals surface area contributed by atoms with Crippen molar-refractivity contribution in [2.24, 2.45) is 5.92 Å². The molecule has 2 fully saturated rings. The highest BCUT2D eigenvalue weighted by Gasteiger charge is 2.18. The SMILES string of the molecule is C(#CC1CC1)c1ccc(-c2cn(C[C@H]3CCCCO3)nn2)cc1. The number of aromatic nitrogens is 3. The van der Waals surface area contributed by atoms with E-state index in [1.165, 1.54) is 25.7 Å². The van der Waals surface area contributed by atoms with Crippen molar-refractivity contribution in [2.45, 2.75) is 44.8 Å². The molecule has 0 amide bonds. The van der Waals surface area contributed by atoms with Gasteiger partial charge < -0.3 is 4.74 Å². The summed E-state index contributed by atoms with van der Waals surface area (Å²) in [4.78, 5) is 0. The molecule has 1 aliphatic carbocycles. The van der Waals surface area contributed by atoms with Crippen molar-refractivity contribution in [3.8, 4) is 23.1 Å². The first-order chi connectivity index (χ1) is 11.4. The van der Waals surface area contributed by atoms with Crippen LogP contribution in [0.15, 0.2) is 30.5 Å². The Morgan fingerprint density at radius 3 is 2.74 bits per heavy atom. The van der Waals surface area contributed by atoms with E-state index in [0.29, 0.717) is 5.92 Å². The van der Waals surface area contributed by atoms with Crippen LogP contribution in [0.2, 0.25) is 0 Å². The smallest absolute Gasteiger partial charge is 0.113 e. The van der Waals surface area contributed by atoms with Crippen LogP contribution >= 0.6 is 0 Å². The summed E-state index contributed by atoms with van der Waals surface area (Å²) in [6.45, 7) is 1.66. The Morgan fingerprint density at radius 2 is 2.00 bits per heavy atom. The lowest BCUT2D eigenvalue weighted by Crippen LogP contribution is -2.24. The predicted molar refractivity (Wildman–Crippen MR) is 88.7 cm³/mol. The van der Waals surface area contributed by atoms with Crippen LogP contribution < -0.4 is 0 Å². The van der Waals surface area contributed by atoms with Gasteiger partial charge in [-0.3, -0.25) is 0 Å². The Bertz CT molecular complexity index is 713. The van der Waals surface area contributed by atoms with E-state index in [2.05, 4.69) is 46.4 Å². The lowest BCUT2D eigenvalue weighted by molar-refractivity contribution is 0.00370. The normalized spacial score (nSPS) is 20.8. The van der Waals surface area contributed by atoms with E-state index < -0.39 is 0 Å². The third-order valence-corrected chi connectivity index (χ3v) is 4.38. The molecule has 1 aliphatic heterocycles. The minimum atomic E-state index is 0.276. The second-order valence-corrected chi connectivity index (χ2v) is 6.44. The number of hydrogen-bond donors (Lipinski definition) is 0. The molecule has 2 heterocycles. The quantitative estimate of drug-likeness (QED) is 0.817. The fraction of sp³-hybridized carbons (Fsp3) is 0.474. The molecule has 4 rings (SSSR count). The van der Waals surface area contributed by atoms with Gasteiger partial charge in [-0.05, 0) is 44.2 Å². The summed E-state index contributed by atoms with van der Waals surface area (Å²) in [6.07, 6.45) is 8.34. The lowest BCUT2D eigenvalue weighted by atomic mass is 10.1. The standard InChI is InChI=1S/C19H21N3O/c1-2-12-23-18(3-1)13-22-14-19(20-21-22)17-10-8-16(9-11-17)7-6-15-4-5-15/h8-11,14-15,18H,1-5,12-13H2/t18-/m1/s1. The van der Waals surface area contributed by atoms with Crippen LogP contribution in [0.25, 0.3) is 11.3 Å². The Hall–Kier alpha value is -2.12. The van der Waals surface area contributed by atoms with Gasteiger partial charge in [0.05, 0.1) is 18.8 Å². The number of nitrogens with zero attached hydrogens (tertiary/aromatic N) is 3. The average molecular weight is 307 g/mol. The molecule has 1 atom stereocenters. The second kappa shape index (κ2) is 6.55. The molecule has 1 saturated carbocycles. The number of ether oxygens (including phenoxy) is 1. The maximum absolute atomic E-state index is 5.76. The van der Waals surface area contributed by atoms with Crippen LogP contribution in [0.4, 0.5) is 0 Å². The molecule has 1 aromatic carbocycles. The zero-order valence-corrected chi connectivity index (χ0v) is 13.2. The summed E-state index contributed by atoms with van der Waals surface area (Å²) in [5.74, 6) is 7.16. The maximum atomic E-state index is 5.76. The van der Waals surface area contributed by atoms with Crippen molar-refractivity contribution < 1.29 is 4.74 Å². The third-order valence-electron chi connectivity index (χ3n) is 4.38. The van der Waals surface area contributed by atoms with Crippen molar-refractivity contribution in [3.63, 3.8) is 0 Å². The van der Waals surface area contributed by atoms with Gasteiger partial charge in [0, 0.05) is 23.7 Å². The van der Waals surface area contributed by atoms with Gasteiger partial charge in [-0.15, -0.1) is 5.10 Å². The summed E-state index contributed by atoms with van der Waals surface area (Å²) >= 11 is 0. The molecule has 1 aromatic heterocycles. The number of hydrogen-bond acceptors (Lipinski definition) is 3. The van der Waals surface area contributed by atoms with E-state index in [4.69, 9.17) is 4.74 Å². The molecule has 1 saturated heterocycles. The summed E-state index contributed by atoms with van der Waals surface area (Å²) in [5.41, 5.74) is 3.06. The second-order valence-electron chi connectivity index (χ2n) is 6.44. The average Bonchev–Trinajstić information content (AvgIpc) is 3.32. The van der Waals surface area contributed by atoms with E-state index in [1.807, 2.05) is 10.9 Å². The molecule has 2 aliphatic rings. The highest BCUT2D eigenvalue weighted by molar-refractivity contribution is 5.59. The van der Waals surface area contributed by atoms with Crippen LogP contribution in [0.3, 0.4) is 0 Å². The Balaban J connectivity index is 1.42. The van der Waals surface area contributed by atoms with Gasteiger partial charge in [-0.2, -0.15) is 0 Å². The fourth-order valence-corrected chi connectivity index (χ4v) is 2.82. The molecule has 0 spiro atoms. The third kappa shape index (κ3) is 3.80. The Morgan fingerprint density at radius 1 is 1.13 bits per heavy atom. The van der Waals surface area contributed by atoms with Crippen molar-refractivity contribution in [2.75, 3.05) is 6.61 Å². The molecule has 0 bridgehead atoms. The number of rotatable bonds is 3. The molecule has 0 unspecified atom stereocenters. The highest BCUT2D eigenvalue weighted by atomic mass is 16.5. The molecule has 0 radical (unpaired) electrons. The summed E-state index contributed by atoms with van der Waals surface area (Å²) < 4.78 is 7.65. The minimum absolute atomic E-state index is 0.276. The van der Waals surface area contributed by atoms with E-state index in [1.54, 1.807) is 0 Å². The first-order valence-electron chi connectivity index (χ1n) is 8.50. The van der Waals surface area contributed by atoms with Gasteiger partial charge in [0.1, 0.15) is 5.69 Å². The molecular formula is C19H21N3O. The van der Waals surface area contributed by atoms with E-state index in [-0.39, 0.29) is 6.10 Å². The zero-order chi connectivity index (χ0) is 15.5. The first kappa shape index (κ1) is 14.5. The van der Waals surface area contributed by atoms with Crippen LogP contribution in [-0.4, -0.2) is 27.7 Å². The topological polar surface area (TPSA) is 39.9 Å². The lowest BCUT2D eigenvalue weighted by Gasteiger charge is -2.21. The largest absolute Gasteiger partial charge is 0.376 e. The summed E-state index contributed by atoms with van der Waals surface area (Å²) in [5, 5.41) is 8.52. The highest BCUT2D eigenvalue weighted by Crippen LogP contribution is 2.27. The molecule has 4 heteroatoms. The molecule has 118 valence electrons. The minimum Gasteiger partial charge on any atom is -0.376 e. The Kier molecular flexibility index (Phi) is 4.12. The van der Waals surface area contributed by atoms with Crippen molar-refractivity contribution in [1.82, 2.24) is 15.0 Å². The van der Waals surface area contributed by atoms with Gasteiger partial charge in [0.2, 0.25) is 0 Å². The molecule has 23 heavy (non-hydrogen) atoms. The van der Waals surface area contributed by atoms with Crippen molar-refractivity contribution >= 4 is 0 Å². The van der Waals surface area contributed by atoms with Crippen LogP contribution in [0.1, 0.15) is 37.7 Å². The summed E-state index contributed by atoms with van der Waals surface area (Å²) in [6, 6.07) is 8.27. The molecule has 0 N–H and O–H groups in total. The molecule has 4 nitrogen and oxygen atoms in total. The molecule has 2 aromatic rings. The van der Waals surface area contributed by atoms with Gasteiger partial charge in [0.25, 0.3) is 0 Å². The Labute approximate surface area is 136 Å². The van der Waals surface area contributed by atoms with Gasteiger partial charge in [0.15, 0.2) is 0 Å². The van der Waals surface area contributed by atoms with E-state index in [9.17, 15) is 0 Å². The van der Waals surface area contributed by atoms with Crippen LogP contribution in [0, 0.1) is 17.8 Å². The fourth-order valence-electron chi connectivity index (χ4n) is 2.82. The van der Waals surface area contributed by atoms with Gasteiger partial charge >= 0.3 is 0 Å². The first-order valence-corrected chi connectivity index (χ1v) is 8.50. The molecular weight excluding hydrogens is 286 g/mol. The zero-order valence-electron chi connectivity index (χ0n) is 13.2. The van der Waals surface area contributed by atoms with Crippen LogP contribution in [0.5, 0.6) is 0 Å².